The maximum Gasteiger partial charge on any atom is 0.333 e. The molecule has 0 atom stereocenters. The van der Waals surface area contributed by atoms with Gasteiger partial charge in [-0.05, 0) is 29.8 Å². The van der Waals surface area contributed by atoms with Crippen LogP contribution >= 0.6 is 22.9 Å². The number of nitrogens with zero attached hydrogens (tertiary/aromatic N) is 1. The number of H-pyrrole nitrogens is 1. The number of aromatic nitrogens is 2. The van der Waals surface area contributed by atoms with E-state index in [1.54, 1.807) is 24.3 Å². The topological polar surface area (TPSA) is 54.9 Å². The van der Waals surface area contributed by atoms with E-state index in [1.807, 2.05) is 35.7 Å². The standard InChI is InChI=1S/C18H11ClN2O2S/c19-12-6-8-13(9-7-12)21-17(22)16-15(20-18(21)23)14(10-24-16)11-4-2-1-3-5-11/h1-10H,(H,20,23). The molecule has 0 saturated heterocycles. The van der Waals surface area contributed by atoms with Crippen molar-refractivity contribution < 1.29 is 0 Å². The number of fused-ring (bicyclic) bond motifs is 1. The highest BCUT2D eigenvalue weighted by Crippen LogP contribution is 2.30. The number of aromatic amines is 1. The first-order valence-electron chi connectivity index (χ1n) is 7.23. The van der Waals surface area contributed by atoms with Gasteiger partial charge in [-0.15, -0.1) is 11.3 Å². The fourth-order valence-electron chi connectivity index (χ4n) is 2.65. The van der Waals surface area contributed by atoms with Crippen LogP contribution in [0.25, 0.3) is 27.0 Å². The summed E-state index contributed by atoms with van der Waals surface area (Å²) in [5, 5.41) is 2.44. The SMILES string of the molecule is O=c1[nH]c2c(-c3ccccc3)csc2c(=O)n1-c1ccc(Cl)cc1. The Hall–Kier alpha value is -2.63. The summed E-state index contributed by atoms with van der Waals surface area (Å²) in [4.78, 5) is 28.1. The lowest BCUT2D eigenvalue weighted by atomic mass is 10.1. The van der Waals surface area contributed by atoms with Gasteiger partial charge in [-0.25, -0.2) is 9.36 Å². The first-order valence-corrected chi connectivity index (χ1v) is 8.49. The third kappa shape index (κ3) is 2.38. The van der Waals surface area contributed by atoms with Crippen molar-refractivity contribution in [2.24, 2.45) is 0 Å². The van der Waals surface area contributed by atoms with Gasteiger partial charge in [0, 0.05) is 16.0 Å². The number of halogens is 1. The van der Waals surface area contributed by atoms with Gasteiger partial charge in [-0.1, -0.05) is 41.9 Å². The second-order valence-corrected chi connectivity index (χ2v) is 6.58. The maximum atomic E-state index is 12.8. The highest BCUT2D eigenvalue weighted by molar-refractivity contribution is 7.17. The van der Waals surface area contributed by atoms with Crippen molar-refractivity contribution in [3.63, 3.8) is 0 Å². The van der Waals surface area contributed by atoms with E-state index < -0.39 is 5.69 Å². The van der Waals surface area contributed by atoms with E-state index >= 15 is 0 Å². The fourth-order valence-corrected chi connectivity index (χ4v) is 3.74. The molecule has 4 rings (SSSR count). The second kappa shape index (κ2) is 5.78. The summed E-state index contributed by atoms with van der Waals surface area (Å²) in [6.45, 7) is 0. The highest BCUT2D eigenvalue weighted by atomic mass is 35.5. The number of rotatable bonds is 2. The van der Waals surface area contributed by atoms with Crippen LogP contribution in [0.3, 0.4) is 0 Å². The van der Waals surface area contributed by atoms with Crippen molar-refractivity contribution >= 4 is 33.2 Å². The van der Waals surface area contributed by atoms with Gasteiger partial charge in [-0.2, -0.15) is 0 Å². The number of hydrogen-bond acceptors (Lipinski definition) is 3. The molecule has 118 valence electrons. The predicted octanol–water partition coefficient (Wildman–Crippen LogP) is 4.06. The van der Waals surface area contributed by atoms with Crippen molar-refractivity contribution in [3.05, 3.63) is 85.8 Å². The van der Waals surface area contributed by atoms with Crippen LogP contribution in [0, 0.1) is 0 Å². The van der Waals surface area contributed by atoms with E-state index in [2.05, 4.69) is 4.98 Å². The summed E-state index contributed by atoms with van der Waals surface area (Å²) < 4.78 is 1.65. The molecule has 0 saturated carbocycles. The van der Waals surface area contributed by atoms with Gasteiger partial charge in [0.1, 0.15) is 4.70 Å². The molecule has 0 spiro atoms. The Labute approximate surface area is 145 Å². The molecule has 1 N–H and O–H groups in total. The molecule has 0 aliphatic carbocycles. The van der Waals surface area contributed by atoms with Gasteiger partial charge in [0.2, 0.25) is 0 Å². The van der Waals surface area contributed by atoms with Gasteiger partial charge in [0.25, 0.3) is 5.56 Å². The van der Waals surface area contributed by atoms with Gasteiger partial charge in [-0.3, -0.25) is 4.79 Å². The first kappa shape index (κ1) is 14.9. The van der Waals surface area contributed by atoms with Crippen molar-refractivity contribution in [1.29, 1.82) is 0 Å². The summed E-state index contributed by atoms with van der Waals surface area (Å²) in [7, 11) is 0. The molecule has 2 aromatic heterocycles. The van der Waals surface area contributed by atoms with Gasteiger partial charge in [0.05, 0.1) is 11.2 Å². The smallest absolute Gasteiger partial charge is 0.305 e. The van der Waals surface area contributed by atoms with E-state index in [-0.39, 0.29) is 5.56 Å². The lowest BCUT2D eigenvalue weighted by Crippen LogP contribution is -2.33. The van der Waals surface area contributed by atoms with Crippen LogP contribution in [0.15, 0.2) is 69.6 Å². The zero-order chi connectivity index (χ0) is 16.7. The Morgan fingerprint density at radius 2 is 1.67 bits per heavy atom. The van der Waals surface area contributed by atoms with Gasteiger partial charge >= 0.3 is 5.69 Å². The van der Waals surface area contributed by atoms with Crippen LogP contribution < -0.4 is 11.2 Å². The van der Waals surface area contributed by atoms with Crippen LogP contribution in [0.1, 0.15) is 0 Å². The van der Waals surface area contributed by atoms with Crippen LogP contribution in [0.4, 0.5) is 0 Å². The quantitative estimate of drug-likeness (QED) is 0.590. The third-order valence-electron chi connectivity index (χ3n) is 3.79. The van der Waals surface area contributed by atoms with Crippen LogP contribution in [0.2, 0.25) is 5.02 Å². The molecule has 0 fully saturated rings. The molecule has 0 aliphatic heterocycles. The molecule has 4 aromatic rings. The third-order valence-corrected chi connectivity index (χ3v) is 5.01. The summed E-state index contributed by atoms with van der Waals surface area (Å²) in [5.41, 5.74) is 2.08. The number of nitrogens with one attached hydrogen (secondary N) is 1. The molecule has 6 heteroatoms. The Balaban J connectivity index is 1.99. The normalized spacial score (nSPS) is 11.0. The minimum absolute atomic E-state index is 0.330. The number of benzene rings is 2. The highest BCUT2D eigenvalue weighted by Gasteiger charge is 2.15. The number of hydrogen-bond donors (Lipinski definition) is 1. The van der Waals surface area contributed by atoms with E-state index in [0.29, 0.717) is 20.9 Å². The predicted molar refractivity (Wildman–Crippen MR) is 98.5 cm³/mol. The van der Waals surface area contributed by atoms with Crippen LogP contribution in [0.5, 0.6) is 0 Å². The molecule has 24 heavy (non-hydrogen) atoms. The largest absolute Gasteiger partial charge is 0.333 e. The molecule has 0 amide bonds. The van der Waals surface area contributed by atoms with Gasteiger partial charge < -0.3 is 4.98 Å². The van der Waals surface area contributed by atoms with Crippen molar-refractivity contribution in [2.75, 3.05) is 0 Å². The molecule has 0 radical (unpaired) electrons. The van der Waals surface area contributed by atoms with E-state index in [9.17, 15) is 9.59 Å². The second-order valence-electron chi connectivity index (χ2n) is 5.27. The lowest BCUT2D eigenvalue weighted by molar-refractivity contribution is 0.905. The summed E-state index contributed by atoms with van der Waals surface area (Å²) in [6.07, 6.45) is 0. The number of thiophene rings is 1. The van der Waals surface area contributed by atoms with Crippen LogP contribution in [-0.4, -0.2) is 9.55 Å². The van der Waals surface area contributed by atoms with E-state index in [4.69, 9.17) is 11.6 Å². The summed E-state index contributed by atoms with van der Waals surface area (Å²) in [6, 6.07) is 16.3. The minimum atomic E-state index is -0.467. The van der Waals surface area contributed by atoms with Crippen molar-refractivity contribution in [3.8, 4) is 16.8 Å². The minimum Gasteiger partial charge on any atom is -0.305 e. The Morgan fingerprint density at radius 3 is 2.38 bits per heavy atom. The monoisotopic (exact) mass is 354 g/mol. The lowest BCUT2D eigenvalue weighted by Gasteiger charge is -2.05. The first-order chi connectivity index (χ1) is 11.6. The van der Waals surface area contributed by atoms with E-state index in [1.165, 1.54) is 11.3 Å². The molecular weight excluding hydrogens is 344 g/mol. The van der Waals surface area contributed by atoms with E-state index in [0.717, 1.165) is 15.7 Å². The summed E-state index contributed by atoms with van der Waals surface area (Å²) in [5.74, 6) is 0. The maximum absolute atomic E-state index is 12.8. The Morgan fingerprint density at radius 1 is 0.958 bits per heavy atom. The molecule has 2 heterocycles. The Kier molecular flexibility index (Phi) is 3.59. The molecule has 2 aromatic carbocycles. The fraction of sp³-hybridized carbons (Fsp3) is 0. The zero-order valence-electron chi connectivity index (χ0n) is 12.3. The molecular formula is C18H11ClN2O2S. The average Bonchev–Trinajstić information content (AvgIpc) is 3.01. The zero-order valence-corrected chi connectivity index (χ0v) is 13.9. The molecule has 0 unspecified atom stereocenters. The average molecular weight is 355 g/mol. The summed E-state index contributed by atoms with van der Waals surface area (Å²) >= 11 is 7.20. The van der Waals surface area contributed by atoms with Crippen molar-refractivity contribution in [2.45, 2.75) is 0 Å². The molecule has 4 nitrogen and oxygen atoms in total. The van der Waals surface area contributed by atoms with Gasteiger partial charge in [0.15, 0.2) is 0 Å². The van der Waals surface area contributed by atoms with Crippen molar-refractivity contribution in [1.82, 2.24) is 9.55 Å². The molecule has 0 bridgehead atoms. The van der Waals surface area contributed by atoms with Crippen LogP contribution in [-0.2, 0) is 0 Å². The Bertz CT molecular complexity index is 1140. The molecule has 0 aliphatic rings.